The summed E-state index contributed by atoms with van der Waals surface area (Å²) in [5, 5.41) is 18.2. The summed E-state index contributed by atoms with van der Waals surface area (Å²) in [7, 11) is 0. The van der Waals surface area contributed by atoms with E-state index in [0.717, 1.165) is 92.5 Å². The molecule has 2 aliphatic heterocycles. The first-order valence-corrected chi connectivity index (χ1v) is 12.7. The molecule has 0 radical (unpaired) electrons. The molecule has 5 rings (SSSR count). The van der Waals surface area contributed by atoms with Gasteiger partial charge < -0.3 is 15.0 Å². The average molecular weight is 478 g/mol. The van der Waals surface area contributed by atoms with Gasteiger partial charge in [-0.2, -0.15) is 10.2 Å². The van der Waals surface area contributed by atoms with Gasteiger partial charge in [0.25, 0.3) is 0 Å². The van der Waals surface area contributed by atoms with Gasteiger partial charge in [0.1, 0.15) is 5.52 Å². The fourth-order valence-corrected chi connectivity index (χ4v) is 5.21. The van der Waals surface area contributed by atoms with E-state index in [1.807, 2.05) is 29.8 Å². The van der Waals surface area contributed by atoms with Crippen LogP contribution in [0.2, 0.25) is 0 Å². The molecule has 0 spiro atoms. The van der Waals surface area contributed by atoms with Gasteiger partial charge in [0.05, 0.1) is 41.6 Å². The molecule has 1 atom stereocenters. The van der Waals surface area contributed by atoms with Crippen LogP contribution in [0.25, 0.3) is 16.6 Å². The van der Waals surface area contributed by atoms with Gasteiger partial charge >= 0.3 is 0 Å². The van der Waals surface area contributed by atoms with Gasteiger partial charge in [-0.1, -0.05) is 18.2 Å². The molecule has 35 heavy (non-hydrogen) atoms. The maximum atomic E-state index is 13.0. The standard InChI is InChI=1S/C26H35N7O2/c1-19-23-20(2)33(22-9-4-3-5-10-22)30-24(23)25(29-28-19)32-13-6-8-21(18-32)26(34)27-11-7-12-31-14-16-35-17-15-31/h3-5,9-10,21H,6-8,11-18H2,1-2H3,(H,27,34). The smallest absolute Gasteiger partial charge is 0.224 e. The molecule has 2 fully saturated rings. The molecule has 2 aliphatic rings. The zero-order chi connectivity index (χ0) is 24.2. The number of nitrogens with zero attached hydrogens (tertiary/aromatic N) is 6. The largest absolute Gasteiger partial charge is 0.379 e. The number of carbonyl (C=O) groups excluding carboxylic acids is 1. The first-order valence-electron chi connectivity index (χ1n) is 12.7. The number of rotatable bonds is 7. The van der Waals surface area contributed by atoms with Crippen molar-refractivity contribution in [1.29, 1.82) is 0 Å². The van der Waals surface area contributed by atoms with Crippen molar-refractivity contribution in [2.75, 3.05) is 57.4 Å². The lowest BCUT2D eigenvalue weighted by Gasteiger charge is -2.32. The number of ether oxygens (including phenoxy) is 1. The van der Waals surface area contributed by atoms with Crippen molar-refractivity contribution in [2.24, 2.45) is 5.92 Å². The predicted octanol–water partition coefficient (Wildman–Crippen LogP) is 2.49. The molecule has 9 nitrogen and oxygen atoms in total. The third-order valence-electron chi connectivity index (χ3n) is 7.13. The van der Waals surface area contributed by atoms with Gasteiger partial charge in [0.2, 0.25) is 5.91 Å². The Bertz CT molecular complexity index is 1160. The summed E-state index contributed by atoms with van der Waals surface area (Å²) in [6, 6.07) is 10.1. The highest BCUT2D eigenvalue weighted by Gasteiger charge is 2.29. The van der Waals surface area contributed by atoms with Crippen LogP contribution in [0.3, 0.4) is 0 Å². The maximum Gasteiger partial charge on any atom is 0.224 e. The van der Waals surface area contributed by atoms with E-state index in [1.54, 1.807) is 0 Å². The molecule has 9 heteroatoms. The Balaban J connectivity index is 1.27. The number of fused-ring (bicyclic) bond motifs is 1. The van der Waals surface area contributed by atoms with Crippen molar-refractivity contribution < 1.29 is 9.53 Å². The van der Waals surface area contributed by atoms with Crippen molar-refractivity contribution in [3.05, 3.63) is 41.7 Å². The van der Waals surface area contributed by atoms with Gasteiger partial charge in [0.15, 0.2) is 5.82 Å². The highest BCUT2D eigenvalue weighted by Crippen LogP contribution is 2.31. The topological polar surface area (TPSA) is 88.4 Å². The summed E-state index contributed by atoms with van der Waals surface area (Å²) in [6.45, 7) is 10.8. The SMILES string of the molecule is Cc1nnc(N2CCCC(C(=O)NCCCN3CCOCC3)C2)c2nn(-c3ccccc3)c(C)c12. The number of hydrogen-bond donors (Lipinski definition) is 1. The third-order valence-corrected chi connectivity index (χ3v) is 7.13. The van der Waals surface area contributed by atoms with Crippen LogP contribution in [-0.2, 0) is 9.53 Å². The normalized spacial score (nSPS) is 19.3. The summed E-state index contributed by atoms with van der Waals surface area (Å²) in [4.78, 5) is 17.6. The van der Waals surface area contributed by atoms with E-state index in [4.69, 9.17) is 9.84 Å². The number of anilines is 1. The van der Waals surface area contributed by atoms with E-state index in [0.29, 0.717) is 13.1 Å². The van der Waals surface area contributed by atoms with Crippen molar-refractivity contribution in [3.8, 4) is 5.69 Å². The molecule has 2 aromatic heterocycles. The molecular formula is C26H35N7O2. The second kappa shape index (κ2) is 10.7. The van der Waals surface area contributed by atoms with Crippen LogP contribution in [0.5, 0.6) is 0 Å². The van der Waals surface area contributed by atoms with Crippen LogP contribution in [0.15, 0.2) is 30.3 Å². The lowest BCUT2D eigenvalue weighted by atomic mass is 9.97. The van der Waals surface area contributed by atoms with Crippen LogP contribution in [0, 0.1) is 19.8 Å². The summed E-state index contributed by atoms with van der Waals surface area (Å²) in [5.74, 6) is 0.856. The van der Waals surface area contributed by atoms with E-state index in [2.05, 4.69) is 44.4 Å². The molecule has 0 aliphatic carbocycles. The van der Waals surface area contributed by atoms with E-state index in [-0.39, 0.29) is 11.8 Å². The summed E-state index contributed by atoms with van der Waals surface area (Å²) >= 11 is 0. The number of benzene rings is 1. The molecule has 0 bridgehead atoms. The quantitative estimate of drug-likeness (QED) is 0.523. The molecule has 1 unspecified atom stereocenters. The van der Waals surface area contributed by atoms with Crippen molar-refractivity contribution >= 4 is 22.6 Å². The minimum atomic E-state index is -0.0532. The zero-order valence-electron chi connectivity index (χ0n) is 20.7. The lowest BCUT2D eigenvalue weighted by molar-refractivity contribution is -0.125. The highest BCUT2D eigenvalue weighted by atomic mass is 16.5. The highest BCUT2D eigenvalue weighted by molar-refractivity contribution is 5.92. The fourth-order valence-electron chi connectivity index (χ4n) is 5.21. The minimum Gasteiger partial charge on any atom is -0.379 e. The molecule has 1 aromatic carbocycles. The van der Waals surface area contributed by atoms with E-state index in [9.17, 15) is 4.79 Å². The lowest BCUT2D eigenvalue weighted by Crippen LogP contribution is -2.44. The number of aromatic nitrogens is 4. The summed E-state index contributed by atoms with van der Waals surface area (Å²) in [5.41, 5.74) is 3.78. The molecule has 0 saturated carbocycles. The van der Waals surface area contributed by atoms with E-state index >= 15 is 0 Å². The second-order valence-electron chi connectivity index (χ2n) is 9.55. The fraction of sp³-hybridized carbons (Fsp3) is 0.538. The Morgan fingerprint density at radius 3 is 2.71 bits per heavy atom. The molecule has 2 saturated heterocycles. The Morgan fingerprint density at radius 2 is 1.91 bits per heavy atom. The first kappa shape index (κ1) is 23.7. The van der Waals surface area contributed by atoms with Crippen molar-refractivity contribution in [3.63, 3.8) is 0 Å². The monoisotopic (exact) mass is 477 g/mol. The number of morpholine rings is 1. The van der Waals surface area contributed by atoms with E-state index in [1.165, 1.54) is 0 Å². The van der Waals surface area contributed by atoms with Crippen LogP contribution in [-0.4, -0.2) is 83.3 Å². The van der Waals surface area contributed by atoms with Crippen molar-refractivity contribution in [1.82, 2.24) is 30.2 Å². The number of aryl methyl sites for hydroxylation is 2. The molecular weight excluding hydrogens is 442 g/mol. The first-order chi connectivity index (χ1) is 17.1. The number of hydrogen-bond acceptors (Lipinski definition) is 7. The number of amides is 1. The van der Waals surface area contributed by atoms with Crippen molar-refractivity contribution in [2.45, 2.75) is 33.1 Å². The molecule has 1 amide bonds. The van der Waals surface area contributed by atoms with Crippen LogP contribution in [0.4, 0.5) is 5.82 Å². The minimum absolute atomic E-state index is 0.0532. The number of piperidine rings is 1. The Labute approximate surface area is 206 Å². The Morgan fingerprint density at radius 1 is 1.11 bits per heavy atom. The molecule has 3 aromatic rings. The number of para-hydroxylation sites is 1. The number of nitrogens with one attached hydrogen (secondary N) is 1. The maximum absolute atomic E-state index is 13.0. The predicted molar refractivity (Wildman–Crippen MR) is 136 cm³/mol. The molecule has 186 valence electrons. The van der Waals surface area contributed by atoms with Crippen LogP contribution >= 0.6 is 0 Å². The molecule has 4 heterocycles. The third kappa shape index (κ3) is 5.16. The zero-order valence-corrected chi connectivity index (χ0v) is 20.7. The van der Waals surface area contributed by atoms with Gasteiger partial charge in [-0.3, -0.25) is 9.69 Å². The number of carbonyl (C=O) groups is 1. The summed E-state index contributed by atoms with van der Waals surface area (Å²) in [6.07, 6.45) is 2.80. The average Bonchev–Trinajstić information content (AvgIpc) is 3.26. The van der Waals surface area contributed by atoms with Crippen LogP contribution < -0.4 is 10.2 Å². The van der Waals surface area contributed by atoms with Gasteiger partial charge in [0, 0.05) is 32.7 Å². The van der Waals surface area contributed by atoms with Gasteiger partial charge in [-0.15, -0.1) is 5.10 Å². The molecule has 1 N–H and O–H groups in total. The Hall–Kier alpha value is -3.04. The van der Waals surface area contributed by atoms with Gasteiger partial charge in [-0.25, -0.2) is 4.68 Å². The van der Waals surface area contributed by atoms with Gasteiger partial charge in [-0.05, 0) is 51.8 Å². The Kier molecular flexibility index (Phi) is 7.24. The van der Waals surface area contributed by atoms with E-state index < -0.39 is 0 Å². The summed E-state index contributed by atoms with van der Waals surface area (Å²) < 4.78 is 7.37. The second-order valence-corrected chi connectivity index (χ2v) is 9.55. The van der Waals surface area contributed by atoms with Crippen LogP contribution in [0.1, 0.15) is 30.7 Å².